The first-order valence-electron chi connectivity index (χ1n) is 5.13. The van der Waals surface area contributed by atoms with E-state index in [1.54, 1.807) is 6.26 Å². The average Bonchev–Trinajstić information content (AvgIpc) is 2.23. The minimum Gasteiger partial charge on any atom is -0.330 e. The molecule has 2 atom stereocenters. The fraction of sp³-hybridized carbons (Fsp3) is 1.00. The van der Waals surface area contributed by atoms with Gasteiger partial charge in [-0.25, -0.2) is 0 Å². The molecule has 0 aromatic rings. The lowest BCUT2D eigenvalue weighted by Gasteiger charge is -1.93. The summed E-state index contributed by atoms with van der Waals surface area (Å²) in [5, 5.41) is 0. The Balaban J connectivity index is 0. The highest BCUT2D eigenvalue weighted by Crippen LogP contribution is 1.83. The van der Waals surface area contributed by atoms with Crippen molar-refractivity contribution < 1.29 is 8.42 Å². The summed E-state index contributed by atoms with van der Waals surface area (Å²) in [4.78, 5) is 0. The molecule has 0 rings (SSSR count). The zero-order valence-corrected chi connectivity index (χ0v) is 11.4. The van der Waals surface area contributed by atoms with Crippen LogP contribution in [0.4, 0.5) is 0 Å². The van der Waals surface area contributed by atoms with Crippen molar-refractivity contribution in [2.75, 3.05) is 36.6 Å². The summed E-state index contributed by atoms with van der Waals surface area (Å²) >= 11 is 0. The summed E-state index contributed by atoms with van der Waals surface area (Å²) in [7, 11) is -1.25. The van der Waals surface area contributed by atoms with E-state index >= 15 is 0 Å². The Hall–Kier alpha value is 0.220. The molecule has 0 aliphatic carbocycles. The molecule has 15 heavy (non-hydrogen) atoms. The van der Waals surface area contributed by atoms with Gasteiger partial charge in [0.2, 0.25) is 0 Å². The van der Waals surface area contributed by atoms with Gasteiger partial charge in [0.1, 0.15) is 0 Å². The molecule has 0 saturated heterocycles. The highest BCUT2D eigenvalue weighted by atomic mass is 32.2. The highest BCUT2D eigenvalue weighted by Gasteiger charge is 1.91. The van der Waals surface area contributed by atoms with Gasteiger partial charge in [-0.3, -0.25) is 8.42 Å². The summed E-state index contributed by atoms with van der Waals surface area (Å²) in [5.41, 5.74) is 10.3. The van der Waals surface area contributed by atoms with Gasteiger partial charge in [-0.1, -0.05) is 6.92 Å². The third-order valence-electron chi connectivity index (χ3n) is 1.53. The Bertz CT molecular complexity index is 177. The van der Waals surface area contributed by atoms with E-state index in [0.29, 0.717) is 13.1 Å². The minimum atomic E-state index is -0.645. The first-order valence-corrected chi connectivity index (χ1v) is 8.35. The summed E-state index contributed by atoms with van der Waals surface area (Å²) in [6, 6.07) is 0. The third kappa shape index (κ3) is 20.3. The SMILES string of the molecule is CCS(=O)CCCN.CS(=O)CCCN. The molecular formula is C9H24N2O2S2. The quantitative estimate of drug-likeness (QED) is 0.661. The molecule has 0 heterocycles. The van der Waals surface area contributed by atoms with Gasteiger partial charge >= 0.3 is 0 Å². The van der Waals surface area contributed by atoms with Crippen molar-refractivity contribution in [1.29, 1.82) is 0 Å². The molecule has 0 aromatic carbocycles. The van der Waals surface area contributed by atoms with Crippen LogP contribution in [0.5, 0.6) is 0 Å². The summed E-state index contributed by atoms with van der Waals surface area (Å²) in [6.07, 6.45) is 3.46. The molecule has 2 unspecified atom stereocenters. The fourth-order valence-corrected chi connectivity index (χ4v) is 2.03. The van der Waals surface area contributed by atoms with E-state index in [-0.39, 0.29) is 0 Å². The van der Waals surface area contributed by atoms with Gasteiger partial charge in [-0.15, -0.1) is 0 Å². The van der Waals surface area contributed by atoms with E-state index in [9.17, 15) is 8.42 Å². The van der Waals surface area contributed by atoms with Gasteiger partial charge in [-0.2, -0.15) is 0 Å². The van der Waals surface area contributed by atoms with E-state index < -0.39 is 21.6 Å². The van der Waals surface area contributed by atoms with Crippen molar-refractivity contribution in [3.8, 4) is 0 Å². The van der Waals surface area contributed by atoms with Crippen LogP contribution in [0.2, 0.25) is 0 Å². The van der Waals surface area contributed by atoms with Crippen LogP contribution in [0.1, 0.15) is 19.8 Å². The predicted octanol–water partition coefficient (Wildman–Crippen LogP) is -0.182. The Kier molecular flexibility index (Phi) is 16.7. The summed E-state index contributed by atoms with van der Waals surface area (Å²) < 4.78 is 20.9. The number of hydrogen-bond acceptors (Lipinski definition) is 4. The van der Waals surface area contributed by atoms with Crippen molar-refractivity contribution in [1.82, 2.24) is 0 Å². The zero-order chi connectivity index (χ0) is 12.1. The van der Waals surface area contributed by atoms with Gasteiger partial charge in [0.15, 0.2) is 0 Å². The lowest BCUT2D eigenvalue weighted by atomic mass is 10.5. The largest absolute Gasteiger partial charge is 0.330 e. The molecule has 0 fully saturated rings. The highest BCUT2D eigenvalue weighted by molar-refractivity contribution is 7.84. The van der Waals surface area contributed by atoms with Crippen molar-refractivity contribution >= 4 is 21.6 Å². The van der Waals surface area contributed by atoms with Crippen molar-refractivity contribution in [3.63, 3.8) is 0 Å². The van der Waals surface area contributed by atoms with Crippen LogP contribution in [0.15, 0.2) is 0 Å². The molecular weight excluding hydrogens is 232 g/mol. The minimum absolute atomic E-state index is 0.607. The van der Waals surface area contributed by atoms with Crippen molar-refractivity contribution in [2.24, 2.45) is 11.5 Å². The van der Waals surface area contributed by atoms with Crippen molar-refractivity contribution in [3.05, 3.63) is 0 Å². The second-order valence-corrected chi connectivity index (χ2v) is 6.41. The first kappa shape index (κ1) is 17.6. The number of nitrogens with two attached hydrogens (primary N) is 2. The Morgan fingerprint density at radius 2 is 1.47 bits per heavy atom. The fourth-order valence-electron chi connectivity index (χ4n) is 0.675. The maximum absolute atomic E-state index is 10.6. The lowest BCUT2D eigenvalue weighted by Crippen LogP contribution is -2.06. The topological polar surface area (TPSA) is 86.2 Å². The second kappa shape index (κ2) is 14.2. The smallest absolute Gasteiger partial charge is 0.0246 e. The van der Waals surface area contributed by atoms with Crippen LogP contribution in [0.25, 0.3) is 0 Å². The molecule has 94 valence electrons. The number of hydrogen-bond donors (Lipinski definition) is 2. The molecule has 0 amide bonds. The van der Waals surface area contributed by atoms with E-state index in [1.807, 2.05) is 6.92 Å². The summed E-state index contributed by atoms with van der Waals surface area (Å²) in [5.74, 6) is 2.28. The molecule has 4 nitrogen and oxygen atoms in total. The third-order valence-corrected chi connectivity index (χ3v) is 3.79. The first-order chi connectivity index (χ1) is 7.08. The van der Waals surface area contributed by atoms with E-state index in [2.05, 4.69) is 0 Å². The molecule has 0 aliphatic rings. The molecule has 0 bridgehead atoms. The van der Waals surface area contributed by atoms with Gasteiger partial charge < -0.3 is 11.5 Å². The van der Waals surface area contributed by atoms with Gasteiger partial charge in [-0.05, 0) is 25.9 Å². The van der Waals surface area contributed by atoms with Crippen molar-refractivity contribution in [2.45, 2.75) is 19.8 Å². The molecule has 0 aliphatic heterocycles. The van der Waals surface area contributed by atoms with E-state index in [4.69, 9.17) is 11.5 Å². The molecule has 0 spiro atoms. The lowest BCUT2D eigenvalue weighted by molar-refractivity contribution is 0.681. The molecule has 0 saturated carbocycles. The van der Waals surface area contributed by atoms with Crippen LogP contribution in [0.3, 0.4) is 0 Å². The Labute approximate surface area is 98.1 Å². The standard InChI is InChI=1S/C5H13NOS.C4H11NOS/c1-2-8(7)5-3-4-6;1-7(6)4-2-3-5/h2-6H2,1H3;2-5H2,1H3. The van der Waals surface area contributed by atoms with Gasteiger partial charge in [0.25, 0.3) is 0 Å². The maximum atomic E-state index is 10.6. The molecule has 0 radical (unpaired) electrons. The van der Waals surface area contributed by atoms with Crippen LogP contribution >= 0.6 is 0 Å². The zero-order valence-electron chi connectivity index (χ0n) is 9.74. The predicted molar refractivity (Wildman–Crippen MR) is 69.8 cm³/mol. The van der Waals surface area contributed by atoms with Crippen LogP contribution < -0.4 is 11.5 Å². The molecule has 6 heteroatoms. The van der Waals surface area contributed by atoms with Crippen LogP contribution in [-0.4, -0.2) is 45.0 Å². The van der Waals surface area contributed by atoms with Gasteiger partial charge in [0.05, 0.1) is 0 Å². The Morgan fingerprint density at radius 1 is 1.00 bits per heavy atom. The monoisotopic (exact) mass is 256 g/mol. The second-order valence-electron chi connectivity index (χ2n) is 2.99. The molecule has 0 aromatic heterocycles. The van der Waals surface area contributed by atoms with E-state index in [1.165, 1.54) is 0 Å². The van der Waals surface area contributed by atoms with E-state index in [0.717, 1.165) is 30.1 Å². The van der Waals surface area contributed by atoms with Crippen LogP contribution in [0, 0.1) is 0 Å². The number of rotatable bonds is 7. The van der Waals surface area contributed by atoms with Crippen LogP contribution in [-0.2, 0) is 21.6 Å². The van der Waals surface area contributed by atoms with Gasteiger partial charge in [0, 0.05) is 45.1 Å². The summed E-state index contributed by atoms with van der Waals surface area (Å²) in [6.45, 7) is 3.23. The maximum Gasteiger partial charge on any atom is 0.0246 e. The average molecular weight is 256 g/mol. The Morgan fingerprint density at radius 3 is 1.73 bits per heavy atom. The normalized spacial score (nSPS) is 13.9. The molecule has 4 N–H and O–H groups in total.